The predicted molar refractivity (Wildman–Crippen MR) is 64.9 cm³/mol. The van der Waals surface area contributed by atoms with Crippen LogP contribution < -0.4 is 11.1 Å². The van der Waals surface area contributed by atoms with Crippen LogP contribution in [0.3, 0.4) is 0 Å². The lowest BCUT2D eigenvalue weighted by molar-refractivity contribution is -0.122. The molecule has 4 unspecified atom stereocenters. The molecule has 0 saturated heterocycles. The van der Waals surface area contributed by atoms with E-state index in [1.54, 1.807) is 0 Å². The van der Waals surface area contributed by atoms with Crippen LogP contribution >= 0.6 is 0 Å². The first-order valence-electron chi connectivity index (χ1n) is 6.70. The fourth-order valence-corrected chi connectivity index (χ4v) is 3.29. The van der Waals surface area contributed by atoms with E-state index in [0.717, 1.165) is 24.7 Å². The van der Waals surface area contributed by atoms with Gasteiger partial charge in [-0.05, 0) is 50.9 Å². The average Bonchev–Trinajstić information content (AvgIpc) is 2.78. The first-order chi connectivity index (χ1) is 7.65. The van der Waals surface area contributed by atoms with Gasteiger partial charge in [-0.1, -0.05) is 6.42 Å². The standard InChI is InChI=1S/C13H24N2O/c1-9(14)3-2-4-13(16)15-12-8-10-5-6-11(12)7-10/h9-12H,2-8,14H2,1H3,(H,15,16). The third-order valence-corrected chi connectivity index (χ3v) is 4.15. The summed E-state index contributed by atoms with van der Waals surface area (Å²) in [5, 5.41) is 3.20. The summed E-state index contributed by atoms with van der Waals surface area (Å²) in [7, 11) is 0. The number of nitrogens with one attached hydrogen (secondary N) is 1. The van der Waals surface area contributed by atoms with Crippen molar-refractivity contribution in [1.29, 1.82) is 0 Å². The van der Waals surface area contributed by atoms with E-state index in [9.17, 15) is 4.79 Å². The first kappa shape index (κ1) is 11.9. The van der Waals surface area contributed by atoms with Gasteiger partial charge in [0, 0.05) is 18.5 Å². The minimum absolute atomic E-state index is 0.218. The van der Waals surface area contributed by atoms with Gasteiger partial charge in [0.1, 0.15) is 0 Å². The fraction of sp³-hybridized carbons (Fsp3) is 0.923. The number of amides is 1. The fourth-order valence-electron chi connectivity index (χ4n) is 3.29. The van der Waals surface area contributed by atoms with Crippen molar-refractivity contribution in [3.63, 3.8) is 0 Å². The molecule has 16 heavy (non-hydrogen) atoms. The molecule has 2 rings (SSSR count). The molecule has 2 saturated carbocycles. The molecule has 4 atom stereocenters. The first-order valence-corrected chi connectivity index (χ1v) is 6.70. The van der Waals surface area contributed by atoms with Gasteiger partial charge in [0.25, 0.3) is 0 Å². The molecule has 2 bridgehead atoms. The number of nitrogens with two attached hydrogens (primary N) is 1. The Morgan fingerprint density at radius 2 is 2.25 bits per heavy atom. The van der Waals surface area contributed by atoms with Crippen LogP contribution in [0.25, 0.3) is 0 Å². The van der Waals surface area contributed by atoms with Crippen LogP contribution in [0.4, 0.5) is 0 Å². The van der Waals surface area contributed by atoms with Gasteiger partial charge in [-0.15, -0.1) is 0 Å². The maximum absolute atomic E-state index is 11.7. The van der Waals surface area contributed by atoms with E-state index in [0.29, 0.717) is 12.5 Å². The van der Waals surface area contributed by atoms with Crippen LogP contribution in [0.2, 0.25) is 0 Å². The molecular weight excluding hydrogens is 200 g/mol. The molecule has 2 fully saturated rings. The third kappa shape index (κ3) is 2.97. The molecule has 0 radical (unpaired) electrons. The Balaban J connectivity index is 1.64. The second kappa shape index (κ2) is 5.17. The summed E-state index contributed by atoms with van der Waals surface area (Å²) in [4.78, 5) is 11.7. The second-order valence-corrected chi connectivity index (χ2v) is 5.72. The molecule has 0 spiro atoms. The summed E-state index contributed by atoms with van der Waals surface area (Å²) in [5.41, 5.74) is 5.66. The Morgan fingerprint density at radius 1 is 1.44 bits per heavy atom. The molecule has 0 aromatic heterocycles. The maximum atomic E-state index is 11.7. The summed E-state index contributed by atoms with van der Waals surface area (Å²) in [6.45, 7) is 1.99. The van der Waals surface area contributed by atoms with E-state index in [-0.39, 0.29) is 11.9 Å². The molecule has 1 amide bonds. The highest BCUT2D eigenvalue weighted by molar-refractivity contribution is 5.76. The maximum Gasteiger partial charge on any atom is 0.220 e. The van der Waals surface area contributed by atoms with Crippen molar-refractivity contribution in [2.45, 2.75) is 64.0 Å². The lowest BCUT2D eigenvalue weighted by atomic mass is 9.95. The topological polar surface area (TPSA) is 55.1 Å². The Labute approximate surface area is 98.2 Å². The smallest absolute Gasteiger partial charge is 0.220 e. The summed E-state index contributed by atoms with van der Waals surface area (Å²) >= 11 is 0. The van der Waals surface area contributed by atoms with Crippen LogP contribution in [-0.4, -0.2) is 18.0 Å². The van der Waals surface area contributed by atoms with Crippen LogP contribution in [0.5, 0.6) is 0 Å². The highest BCUT2D eigenvalue weighted by atomic mass is 16.1. The van der Waals surface area contributed by atoms with Gasteiger partial charge in [0.05, 0.1) is 0 Å². The van der Waals surface area contributed by atoms with Crippen molar-refractivity contribution in [2.75, 3.05) is 0 Å². The number of carbonyl (C=O) groups excluding carboxylic acids is 1. The molecule has 0 aliphatic heterocycles. The van der Waals surface area contributed by atoms with Crippen LogP contribution in [0.15, 0.2) is 0 Å². The van der Waals surface area contributed by atoms with Crippen molar-refractivity contribution in [3.8, 4) is 0 Å². The molecule has 0 heterocycles. The highest BCUT2D eigenvalue weighted by Crippen LogP contribution is 2.44. The summed E-state index contributed by atoms with van der Waals surface area (Å²) < 4.78 is 0. The van der Waals surface area contributed by atoms with Gasteiger partial charge < -0.3 is 11.1 Å². The third-order valence-electron chi connectivity index (χ3n) is 4.15. The van der Waals surface area contributed by atoms with Crippen LogP contribution in [-0.2, 0) is 4.79 Å². The zero-order chi connectivity index (χ0) is 11.5. The summed E-state index contributed by atoms with van der Waals surface area (Å²) in [6.07, 6.45) is 7.82. The van der Waals surface area contributed by atoms with E-state index in [2.05, 4.69) is 5.32 Å². The van der Waals surface area contributed by atoms with E-state index in [1.165, 1.54) is 25.7 Å². The SMILES string of the molecule is CC(N)CCCC(=O)NC1CC2CCC1C2. The van der Waals surface area contributed by atoms with Gasteiger partial charge in [0.15, 0.2) is 0 Å². The normalized spacial score (nSPS) is 34.0. The van der Waals surface area contributed by atoms with Crippen molar-refractivity contribution in [1.82, 2.24) is 5.32 Å². The number of carbonyl (C=O) groups is 1. The van der Waals surface area contributed by atoms with E-state index >= 15 is 0 Å². The zero-order valence-electron chi connectivity index (χ0n) is 10.2. The van der Waals surface area contributed by atoms with Crippen molar-refractivity contribution >= 4 is 5.91 Å². The number of hydrogen-bond donors (Lipinski definition) is 2. The van der Waals surface area contributed by atoms with Crippen molar-refractivity contribution in [3.05, 3.63) is 0 Å². The number of fused-ring (bicyclic) bond motifs is 2. The predicted octanol–water partition coefficient (Wildman–Crippen LogP) is 1.81. The Bertz CT molecular complexity index is 252. The molecule has 2 aliphatic carbocycles. The van der Waals surface area contributed by atoms with Gasteiger partial charge >= 0.3 is 0 Å². The van der Waals surface area contributed by atoms with Crippen LogP contribution in [0, 0.1) is 11.8 Å². The molecular formula is C13H24N2O. The number of rotatable bonds is 5. The second-order valence-electron chi connectivity index (χ2n) is 5.72. The molecule has 3 N–H and O–H groups in total. The van der Waals surface area contributed by atoms with Crippen molar-refractivity contribution < 1.29 is 4.79 Å². The Morgan fingerprint density at radius 3 is 2.81 bits per heavy atom. The molecule has 2 aliphatic rings. The van der Waals surface area contributed by atoms with Crippen molar-refractivity contribution in [2.24, 2.45) is 17.6 Å². The average molecular weight is 224 g/mol. The molecule has 3 heteroatoms. The lowest BCUT2D eigenvalue weighted by Crippen LogP contribution is -2.38. The minimum Gasteiger partial charge on any atom is -0.353 e. The Kier molecular flexibility index (Phi) is 3.85. The quantitative estimate of drug-likeness (QED) is 0.748. The Hall–Kier alpha value is -0.570. The van der Waals surface area contributed by atoms with E-state index < -0.39 is 0 Å². The lowest BCUT2D eigenvalue weighted by Gasteiger charge is -2.22. The largest absolute Gasteiger partial charge is 0.353 e. The highest BCUT2D eigenvalue weighted by Gasteiger charge is 2.39. The van der Waals surface area contributed by atoms with Gasteiger partial charge in [0.2, 0.25) is 5.91 Å². The van der Waals surface area contributed by atoms with E-state index in [1.807, 2.05) is 6.92 Å². The summed E-state index contributed by atoms with van der Waals surface area (Å²) in [5.74, 6) is 1.92. The molecule has 3 nitrogen and oxygen atoms in total. The van der Waals surface area contributed by atoms with Gasteiger partial charge in [-0.3, -0.25) is 4.79 Å². The number of hydrogen-bond acceptors (Lipinski definition) is 2. The molecule has 0 aromatic carbocycles. The van der Waals surface area contributed by atoms with E-state index in [4.69, 9.17) is 5.73 Å². The zero-order valence-corrected chi connectivity index (χ0v) is 10.2. The monoisotopic (exact) mass is 224 g/mol. The molecule has 0 aromatic rings. The molecule has 92 valence electrons. The summed E-state index contributed by atoms with van der Waals surface area (Å²) in [6, 6.07) is 0.705. The van der Waals surface area contributed by atoms with Gasteiger partial charge in [-0.2, -0.15) is 0 Å². The minimum atomic E-state index is 0.218. The van der Waals surface area contributed by atoms with Crippen LogP contribution in [0.1, 0.15) is 51.9 Å². The van der Waals surface area contributed by atoms with Gasteiger partial charge in [-0.25, -0.2) is 0 Å².